The molecule has 2 atom stereocenters. The number of rotatable bonds is 3. The van der Waals surface area contributed by atoms with Crippen LogP contribution in [0.2, 0.25) is 0 Å². The minimum absolute atomic E-state index is 0.308. The van der Waals surface area contributed by atoms with Crippen LogP contribution in [-0.4, -0.2) is 17.3 Å². The molecule has 2 aliphatic rings. The molecule has 2 nitrogen and oxygen atoms in total. The average Bonchev–Trinajstić information content (AvgIpc) is 2.81. The third kappa shape index (κ3) is 3.22. The van der Waals surface area contributed by atoms with Gasteiger partial charge < -0.3 is 5.32 Å². The Bertz CT molecular complexity index is 238. The first kappa shape index (κ1) is 12.4. The van der Waals surface area contributed by atoms with Gasteiger partial charge in [0.25, 0.3) is 0 Å². The summed E-state index contributed by atoms with van der Waals surface area (Å²) in [4.78, 5) is 12.5. The minimum Gasteiger partial charge on any atom is -0.356 e. The topological polar surface area (TPSA) is 29.1 Å². The molecule has 2 fully saturated rings. The Morgan fingerprint density at radius 1 is 1.06 bits per heavy atom. The molecule has 0 aromatic carbocycles. The Labute approximate surface area is 107 Å². The number of nitrogens with one attached hydrogen (secondary N) is 1. The summed E-state index contributed by atoms with van der Waals surface area (Å²) in [6.45, 7) is 0.880. The smallest absolute Gasteiger partial charge is 0.223 e. The van der Waals surface area contributed by atoms with Crippen LogP contribution in [0.25, 0.3) is 0 Å². The molecule has 1 amide bonds. The average molecular weight is 288 g/mol. The zero-order valence-electron chi connectivity index (χ0n) is 9.88. The summed E-state index contributed by atoms with van der Waals surface area (Å²) in [5, 5.41) is 3.16. The minimum atomic E-state index is 0.308. The lowest BCUT2D eigenvalue weighted by atomic mass is 9.89. The Morgan fingerprint density at radius 2 is 1.69 bits per heavy atom. The highest BCUT2D eigenvalue weighted by molar-refractivity contribution is 9.09. The molecule has 2 aliphatic carbocycles. The fourth-order valence-corrected chi connectivity index (χ4v) is 3.73. The van der Waals surface area contributed by atoms with Crippen LogP contribution in [0.15, 0.2) is 0 Å². The van der Waals surface area contributed by atoms with Crippen LogP contribution in [0.5, 0.6) is 0 Å². The van der Waals surface area contributed by atoms with Gasteiger partial charge in [-0.25, -0.2) is 0 Å². The predicted octanol–water partition coefficient (Wildman–Crippen LogP) is 3.25. The number of carbonyl (C=O) groups is 1. The molecule has 3 heteroatoms. The summed E-state index contributed by atoms with van der Waals surface area (Å²) in [5.74, 6) is 1.28. The maximum Gasteiger partial charge on any atom is 0.223 e. The highest BCUT2D eigenvalue weighted by atomic mass is 79.9. The summed E-state index contributed by atoms with van der Waals surface area (Å²) in [5.41, 5.74) is 0. The van der Waals surface area contributed by atoms with Gasteiger partial charge in [-0.1, -0.05) is 41.6 Å². The van der Waals surface area contributed by atoms with Crippen LogP contribution in [0.1, 0.15) is 51.4 Å². The van der Waals surface area contributed by atoms with Crippen molar-refractivity contribution >= 4 is 21.8 Å². The van der Waals surface area contributed by atoms with Crippen LogP contribution in [0.3, 0.4) is 0 Å². The first-order valence-corrected chi connectivity index (χ1v) is 7.60. The number of hydrogen-bond acceptors (Lipinski definition) is 1. The molecule has 2 unspecified atom stereocenters. The predicted molar refractivity (Wildman–Crippen MR) is 69.6 cm³/mol. The molecule has 0 heterocycles. The van der Waals surface area contributed by atoms with Gasteiger partial charge in [-0.3, -0.25) is 4.79 Å². The molecular weight excluding hydrogens is 266 g/mol. The molecular formula is C13H22BrNO. The third-order valence-corrected chi connectivity index (χ3v) is 5.29. The number of halogens is 1. The monoisotopic (exact) mass is 287 g/mol. The molecule has 0 saturated heterocycles. The van der Waals surface area contributed by atoms with Crippen LogP contribution >= 0.6 is 15.9 Å². The number of alkyl halides is 1. The molecule has 92 valence electrons. The van der Waals surface area contributed by atoms with Crippen molar-refractivity contribution in [3.8, 4) is 0 Å². The Hall–Kier alpha value is -0.0500. The molecule has 0 aliphatic heterocycles. The van der Waals surface area contributed by atoms with E-state index in [4.69, 9.17) is 0 Å². The van der Waals surface area contributed by atoms with Crippen molar-refractivity contribution in [1.29, 1.82) is 0 Å². The van der Waals surface area contributed by atoms with Gasteiger partial charge in [-0.15, -0.1) is 0 Å². The Morgan fingerprint density at radius 3 is 2.38 bits per heavy atom. The van der Waals surface area contributed by atoms with Crippen molar-refractivity contribution in [2.45, 2.75) is 56.2 Å². The number of amides is 1. The van der Waals surface area contributed by atoms with Gasteiger partial charge in [-0.2, -0.15) is 0 Å². The Kier molecular flexibility index (Phi) is 4.68. The Balaban J connectivity index is 1.71. The van der Waals surface area contributed by atoms with E-state index >= 15 is 0 Å². The van der Waals surface area contributed by atoms with Crippen LogP contribution in [0, 0.1) is 11.8 Å². The molecule has 0 aromatic rings. The van der Waals surface area contributed by atoms with Gasteiger partial charge in [-0.05, 0) is 31.6 Å². The van der Waals surface area contributed by atoms with E-state index in [1.807, 2.05) is 0 Å². The summed E-state index contributed by atoms with van der Waals surface area (Å²) < 4.78 is 0. The second kappa shape index (κ2) is 6.04. The standard InChI is InChI=1S/C13H22BrNO/c14-12-8-4-3-7-11(12)9-15-13(16)10-5-1-2-6-10/h10-12H,1-9H2,(H,15,16). The lowest BCUT2D eigenvalue weighted by molar-refractivity contribution is -0.125. The quantitative estimate of drug-likeness (QED) is 0.794. The third-order valence-electron chi connectivity index (χ3n) is 4.08. The van der Waals surface area contributed by atoms with E-state index in [1.165, 1.54) is 38.5 Å². The van der Waals surface area contributed by atoms with Crippen molar-refractivity contribution in [2.75, 3.05) is 6.54 Å². The van der Waals surface area contributed by atoms with Crippen molar-refractivity contribution in [2.24, 2.45) is 11.8 Å². The highest BCUT2D eigenvalue weighted by Crippen LogP contribution is 2.30. The highest BCUT2D eigenvalue weighted by Gasteiger charge is 2.26. The molecule has 0 bridgehead atoms. The summed E-state index contributed by atoms with van der Waals surface area (Å²) in [6.07, 6.45) is 9.88. The van der Waals surface area contributed by atoms with E-state index in [0.29, 0.717) is 22.6 Å². The summed E-state index contributed by atoms with van der Waals surface area (Å²) >= 11 is 3.74. The first-order chi connectivity index (χ1) is 7.77. The normalized spacial score (nSPS) is 31.6. The van der Waals surface area contributed by atoms with Crippen molar-refractivity contribution < 1.29 is 4.79 Å². The van der Waals surface area contributed by atoms with E-state index in [-0.39, 0.29) is 0 Å². The number of hydrogen-bond donors (Lipinski definition) is 1. The zero-order valence-corrected chi connectivity index (χ0v) is 11.5. The first-order valence-electron chi connectivity index (χ1n) is 6.69. The van der Waals surface area contributed by atoms with Crippen molar-refractivity contribution in [3.05, 3.63) is 0 Å². The van der Waals surface area contributed by atoms with Crippen LogP contribution in [0.4, 0.5) is 0 Å². The summed E-state index contributed by atoms with van der Waals surface area (Å²) in [7, 11) is 0. The maximum atomic E-state index is 11.9. The molecule has 1 N–H and O–H groups in total. The van der Waals surface area contributed by atoms with Crippen molar-refractivity contribution in [3.63, 3.8) is 0 Å². The van der Waals surface area contributed by atoms with Gasteiger partial charge >= 0.3 is 0 Å². The lowest BCUT2D eigenvalue weighted by Crippen LogP contribution is -2.37. The van der Waals surface area contributed by atoms with E-state index in [2.05, 4.69) is 21.2 Å². The van der Waals surface area contributed by atoms with Gasteiger partial charge in [0.1, 0.15) is 0 Å². The van der Waals surface area contributed by atoms with Gasteiger partial charge in [0, 0.05) is 17.3 Å². The van der Waals surface area contributed by atoms with Gasteiger partial charge in [0.15, 0.2) is 0 Å². The van der Waals surface area contributed by atoms with E-state index in [0.717, 1.165) is 19.4 Å². The molecule has 0 aromatic heterocycles. The molecule has 0 spiro atoms. The molecule has 0 radical (unpaired) electrons. The van der Waals surface area contributed by atoms with E-state index in [1.54, 1.807) is 0 Å². The second-order valence-corrected chi connectivity index (χ2v) is 6.46. The van der Waals surface area contributed by atoms with Crippen LogP contribution in [-0.2, 0) is 4.79 Å². The maximum absolute atomic E-state index is 11.9. The fourth-order valence-electron chi connectivity index (χ4n) is 2.96. The van der Waals surface area contributed by atoms with Crippen molar-refractivity contribution in [1.82, 2.24) is 5.32 Å². The van der Waals surface area contributed by atoms with E-state index in [9.17, 15) is 4.79 Å². The molecule has 2 saturated carbocycles. The van der Waals surface area contributed by atoms with Gasteiger partial charge in [0.2, 0.25) is 5.91 Å². The SMILES string of the molecule is O=C(NCC1CCCCC1Br)C1CCCC1. The zero-order chi connectivity index (χ0) is 11.4. The lowest BCUT2D eigenvalue weighted by Gasteiger charge is -2.27. The number of carbonyl (C=O) groups excluding carboxylic acids is 1. The van der Waals surface area contributed by atoms with E-state index < -0.39 is 0 Å². The second-order valence-electron chi connectivity index (χ2n) is 5.29. The summed E-state index contributed by atoms with van der Waals surface area (Å²) in [6, 6.07) is 0. The molecule has 2 rings (SSSR count). The van der Waals surface area contributed by atoms with Gasteiger partial charge in [0.05, 0.1) is 0 Å². The largest absolute Gasteiger partial charge is 0.356 e. The molecule has 16 heavy (non-hydrogen) atoms. The fraction of sp³-hybridized carbons (Fsp3) is 0.923. The van der Waals surface area contributed by atoms with Crippen LogP contribution < -0.4 is 5.32 Å².